The smallest absolute Gasteiger partial charge is 0.195 e. The Morgan fingerprint density at radius 3 is 2.79 bits per heavy atom. The van der Waals surface area contributed by atoms with Crippen molar-refractivity contribution in [3.05, 3.63) is 33.8 Å². The first-order valence-electron chi connectivity index (χ1n) is 10.2. The lowest BCUT2D eigenvalue weighted by molar-refractivity contribution is 0.297. The van der Waals surface area contributed by atoms with Gasteiger partial charge >= 0.3 is 0 Å². The molecule has 0 saturated heterocycles. The van der Waals surface area contributed by atoms with E-state index in [0.29, 0.717) is 13.2 Å². The van der Waals surface area contributed by atoms with E-state index in [-0.39, 0.29) is 24.0 Å². The number of aromatic nitrogens is 1. The van der Waals surface area contributed by atoms with Crippen LogP contribution in [-0.4, -0.2) is 37.7 Å². The van der Waals surface area contributed by atoms with Gasteiger partial charge in [-0.05, 0) is 44.2 Å². The summed E-state index contributed by atoms with van der Waals surface area (Å²) in [5.74, 6) is 2.34. The minimum Gasteiger partial charge on any atom is -0.490 e. The summed E-state index contributed by atoms with van der Waals surface area (Å²) >= 11 is 1.91. The highest BCUT2D eigenvalue weighted by Crippen LogP contribution is 2.32. The van der Waals surface area contributed by atoms with Gasteiger partial charge in [0.2, 0.25) is 0 Å². The van der Waals surface area contributed by atoms with Crippen molar-refractivity contribution < 1.29 is 9.47 Å². The molecule has 158 valence electrons. The second kappa shape index (κ2) is 11.0. The highest BCUT2D eigenvalue weighted by Gasteiger charge is 2.15. The monoisotopic (exact) mass is 528 g/mol. The molecule has 0 atom stereocenters. The van der Waals surface area contributed by atoms with Crippen molar-refractivity contribution in [3.8, 4) is 11.5 Å². The number of benzene rings is 1. The maximum atomic E-state index is 5.76. The van der Waals surface area contributed by atoms with E-state index in [9.17, 15) is 0 Å². The van der Waals surface area contributed by atoms with E-state index in [1.165, 1.54) is 34.8 Å². The number of hydrogen-bond donors (Lipinski definition) is 2. The molecule has 1 aromatic heterocycles. The van der Waals surface area contributed by atoms with Crippen LogP contribution in [0.5, 0.6) is 11.5 Å². The summed E-state index contributed by atoms with van der Waals surface area (Å²) in [4.78, 5) is 10.7. The summed E-state index contributed by atoms with van der Waals surface area (Å²) in [5.41, 5.74) is 2.29. The average molecular weight is 528 g/mol. The van der Waals surface area contributed by atoms with E-state index in [4.69, 9.17) is 14.5 Å². The molecule has 2 aliphatic rings. The fourth-order valence-electron chi connectivity index (χ4n) is 3.52. The van der Waals surface area contributed by atoms with Crippen LogP contribution in [0.15, 0.2) is 23.2 Å². The number of anilines is 1. The van der Waals surface area contributed by atoms with Gasteiger partial charge in [-0.3, -0.25) is 4.99 Å². The number of halogens is 1. The van der Waals surface area contributed by atoms with Gasteiger partial charge in [0.1, 0.15) is 0 Å². The van der Waals surface area contributed by atoms with Gasteiger partial charge in [0.15, 0.2) is 17.5 Å². The third kappa shape index (κ3) is 5.97. The molecule has 1 aliphatic heterocycles. The molecule has 0 spiro atoms. The summed E-state index contributed by atoms with van der Waals surface area (Å²) in [6.07, 6.45) is 7.95. The van der Waals surface area contributed by atoms with Crippen LogP contribution in [0.4, 0.5) is 5.69 Å². The highest BCUT2D eigenvalue weighted by atomic mass is 127. The van der Waals surface area contributed by atoms with Gasteiger partial charge in [-0.1, -0.05) is 0 Å². The molecule has 6 nitrogen and oxygen atoms in total. The quantitative estimate of drug-likeness (QED) is 0.260. The first-order valence-corrected chi connectivity index (χ1v) is 11.0. The number of nitrogens with zero attached hydrogens (tertiary/aromatic N) is 2. The zero-order valence-electron chi connectivity index (χ0n) is 16.8. The molecule has 0 bridgehead atoms. The van der Waals surface area contributed by atoms with Crippen molar-refractivity contribution in [1.29, 1.82) is 0 Å². The Kier molecular flexibility index (Phi) is 8.40. The summed E-state index contributed by atoms with van der Waals surface area (Å²) in [7, 11) is 1.78. The molecule has 2 N–H and O–H groups in total. The van der Waals surface area contributed by atoms with Gasteiger partial charge in [0.25, 0.3) is 0 Å². The molecule has 2 aromatic rings. The predicted molar refractivity (Wildman–Crippen MR) is 130 cm³/mol. The molecular weight excluding hydrogens is 499 g/mol. The molecule has 0 radical (unpaired) electrons. The molecule has 1 aromatic carbocycles. The number of rotatable bonds is 5. The van der Waals surface area contributed by atoms with Crippen molar-refractivity contribution in [2.75, 3.05) is 32.1 Å². The van der Waals surface area contributed by atoms with Crippen molar-refractivity contribution in [2.45, 2.75) is 44.9 Å². The Morgan fingerprint density at radius 1 is 1.14 bits per heavy atom. The first-order chi connectivity index (χ1) is 13.8. The van der Waals surface area contributed by atoms with E-state index >= 15 is 0 Å². The zero-order chi connectivity index (χ0) is 19.2. The van der Waals surface area contributed by atoms with Gasteiger partial charge in [0, 0.05) is 43.1 Å². The molecule has 0 fully saturated rings. The van der Waals surface area contributed by atoms with Gasteiger partial charge in [0.05, 0.1) is 23.9 Å². The molecular formula is C21H29IN4O2S. The van der Waals surface area contributed by atoms with Crippen molar-refractivity contribution in [1.82, 2.24) is 10.3 Å². The summed E-state index contributed by atoms with van der Waals surface area (Å²) in [6.45, 7) is 2.24. The number of guanidine groups is 1. The van der Waals surface area contributed by atoms with Crippen molar-refractivity contribution in [3.63, 3.8) is 0 Å². The number of aryl methyl sites for hydroxylation is 3. The molecule has 0 amide bonds. The van der Waals surface area contributed by atoms with E-state index in [0.717, 1.165) is 55.4 Å². The lowest BCUT2D eigenvalue weighted by Gasteiger charge is -2.13. The summed E-state index contributed by atoms with van der Waals surface area (Å²) < 4.78 is 11.4. The lowest BCUT2D eigenvalue weighted by Crippen LogP contribution is -2.31. The number of hydrogen-bond acceptors (Lipinski definition) is 5. The standard InChI is InChI=1S/C21H28N4O2S.HI/c1-22-21(24-15-9-10-17-18(14-15)27-13-5-12-26-17)23-11-4-8-20-25-16-6-2-3-7-19(16)28-20;/h9-10,14H,2-8,11-13H2,1H3,(H2,22,23,24);1H. The number of fused-ring (bicyclic) bond motifs is 2. The van der Waals surface area contributed by atoms with Crippen molar-refractivity contribution >= 4 is 47.0 Å². The van der Waals surface area contributed by atoms with E-state index in [2.05, 4.69) is 15.6 Å². The van der Waals surface area contributed by atoms with E-state index in [1.807, 2.05) is 29.5 Å². The predicted octanol–water partition coefficient (Wildman–Crippen LogP) is 4.42. The minimum absolute atomic E-state index is 0. The van der Waals surface area contributed by atoms with E-state index in [1.54, 1.807) is 7.05 Å². The molecule has 4 rings (SSSR count). The molecule has 2 heterocycles. The maximum absolute atomic E-state index is 5.76. The first kappa shape index (κ1) is 22.1. The summed E-state index contributed by atoms with van der Waals surface area (Å²) in [6, 6.07) is 5.90. The largest absolute Gasteiger partial charge is 0.490 e. The Labute approximate surface area is 193 Å². The second-order valence-electron chi connectivity index (χ2n) is 7.12. The topological polar surface area (TPSA) is 67.8 Å². The number of aliphatic imine (C=N–C) groups is 1. The third-order valence-electron chi connectivity index (χ3n) is 4.98. The Balaban J connectivity index is 0.00000240. The highest BCUT2D eigenvalue weighted by molar-refractivity contribution is 14.0. The second-order valence-corrected chi connectivity index (χ2v) is 8.29. The van der Waals surface area contributed by atoms with Crippen LogP contribution in [0.25, 0.3) is 0 Å². The van der Waals surface area contributed by atoms with Crippen LogP contribution in [0, 0.1) is 0 Å². The van der Waals surface area contributed by atoms with Crippen LogP contribution in [-0.2, 0) is 19.3 Å². The van der Waals surface area contributed by atoms with Crippen LogP contribution in [0.2, 0.25) is 0 Å². The van der Waals surface area contributed by atoms with E-state index < -0.39 is 0 Å². The Morgan fingerprint density at radius 2 is 1.97 bits per heavy atom. The molecule has 0 unspecified atom stereocenters. The molecule has 0 saturated carbocycles. The van der Waals surface area contributed by atoms with Crippen LogP contribution < -0.4 is 20.1 Å². The molecule has 1 aliphatic carbocycles. The average Bonchev–Trinajstić information content (AvgIpc) is 2.99. The van der Waals surface area contributed by atoms with Gasteiger partial charge in [-0.2, -0.15) is 0 Å². The van der Waals surface area contributed by atoms with Crippen molar-refractivity contribution in [2.24, 2.45) is 4.99 Å². The lowest BCUT2D eigenvalue weighted by atomic mass is 10.0. The normalized spacial score (nSPS) is 15.7. The van der Waals surface area contributed by atoms with Crippen LogP contribution in [0.3, 0.4) is 0 Å². The number of nitrogens with one attached hydrogen (secondary N) is 2. The fourth-order valence-corrected chi connectivity index (χ4v) is 4.71. The molecule has 29 heavy (non-hydrogen) atoms. The van der Waals surface area contributed by atoms with Gasteiger partial charge in [-0.25, -0.2) is 4.98 Å². The number of ether oxygens (including phenoxy) is 2. The van der Waals surface area contributed by atoms with Crippen LogP contribution in [0.1, 0.15) is 41.3 Å². The Bertz CT molecular complexity index is 817. The van der Waals surface area contributed by atoms with Gasteiger partial charge < -0.3 is 20.1 Å². The fraction of sp³-hybridized carbons (Fsp3) is 0.524. The third-order valence-corrected chi connectivity index (χ3v) is 6.20. The number of thiazole rings is 1. The summed E-state index contributed by atoms with van der Waals surface area (Å²) in [5, 5.41) is 7.99. The zero-order valence-corrected chi connectivity index (χ0v) is 20.0. The maximum Gasteiger partial charge on any atom is 0.195 e. The van der Waals surface area contributed by atoms with Crippen LogP contribution >= 0.6 is 35.3 Å². The minimum atomic E-state index is 0. The Hall–Kier alpha value is -1.55. The van der Waals surface area contributed by atoms with Gasteiger partial charge in [-0.15, -0.1) is 35.3 Å². The molecule has 8 heteroatoms. The SMILES string of the molecule is CN=C(NCCCc1nc2c(s1)CCCC2)Nc1ccc2c(c1)OCCCO2.I.